The predicted molar refractivity (Wildman–Crippen MR) is 83.2 cm³/mol. The van der Waals surface area contributed by atoms with E-state index in [9.17, 15) is 4.39 Å². The second-order valence-corrected chi connectivity index (χ2v) is 5.94. The summed E-state index contributed by atoms with van der Waals surface area (Å²) in [6, 6.07) is 5.15. The molecular formula is C16H26FN3O. The average molecular weight is 295 g/mol. The molecule has 1 aromatic carbocycles. The van der Waals surface area contributed by atoms with Crippen LogP contribution in [0.3, 0.4) is 0 Å². The first-order valence-electron chi connectivity index (χ1n) is 7.62. The van der Waals surface area contributed by atoms with E-state index in [4.69, 9.17) is 10.5 Å². The minimum Gasteiger partial charge on any atom is -0.489 e. The molecule has 1 unspecified atom stereocenters. The van der Waals surface area contributed by atoms with E-state index in [1.165, 1.54) is 6.07 Å². The Morgan fingerprint density at radius 3 is 2.62 bits per heavy atom. The molecule has 1 fully saturated rings. The van der Waals surface area contributed by atoms with Gasteiger partial charge in [-0.15, -0.1) is 0 Å². The number of hydrogen-bond acceptors (Lipinski definition) is 4. The fourth-order valence-electron chi connectivity index (χ4n) is 2.52. The molecule has 1 aliphatic rings. The van der Waals surface area contributed by atoms with Gasteiger partial charge < -0.3 is 15.4 Å². The van der Waals surface area contributed by atoms with Crippen LogP contribution in [0, 0.1) is 5.82 Å². The number of piperazine rings is 1. The van der Waals surface area contributed by atoms with Gasteiger partial charge in [-0.05, 0) is 38.1 Å². The van der Waals surface area contributed by atoms with Gasteiger partial charge in [0.25, 0.3) is 0 Å². The van der Waals surface area contributed by atoms with Crippen LogP contribution in [0.5, 0.6) is 5.75 Å². The SMILES string of the molecule is CC(N)Cc1ccc(OCCN2CCN(C)CC2)c(F)c1. The molecule has 0 spiro atoms. The van der Waals surface area contributed by atoms with E-state index >= 15 is 0 Å². The molecule has 21 heavy (non-hydrogen) atoms. The van der Waals surface area contributed by atoms with Gasteiger partial charge >= 0.3 is 0 Å². The van der Waals surface area contributed by atoms with Gasteiger partial charge in [0.2, 0.25) is 0 Å². The van der Waals surface area contributed by atoms with Crippen LogP contribution in [0.1, 0.15) is 12.5 Å². The monoisotopic (exact) mass is 295 g/mol. The van der Waals surface area contributed by atoms with E-state index in [-0.39, 0.29) is 11.9 Å². The number of hydrogen-bond donors (Lipinski definition) is 1. The summed E-state index contributed by atoms with van der Waals surface area (Å²) in [5.41, 5.74) is 6.63. The first kappa shape index (κ1) is 16.2. The zero-order valence-electron chi connectivity index (χ0n) is 13.0. The van der Waals surface area contributed by atoms with Crippen LogP contribution in [0.4, 0.5) is 4.39 Å². The van der Waals surface area contributed by atoms with Crippen molar-refractivity contribution in [2.75, 3.05) is 46.4 Å². The number of halogens is 1. The lowest BCUT2D eigenvalue weighted by atomic mass is 10.1. The summed E-state index contributed by atoms with van der Waals surface area (Å²) in [6.45, 7) is 7.55. The highest BCUT2D eigenvalue weighted by atomic mass is 19.1. The molecule has 0 aromatic heterocycles. The number of likely N-dealkylation sites (N-methyl/N-ethyl adjacent to an activating group) is 1. The first-order valence-corrected chi connectivity index (χ1v) is 7.62. The van der Waals surface area contributed by atoms with Crippen molar-refractivity contribution in [1.29, 1.82) is 0 Å². The molecule has 4 nitrogen and oxygen atoms in total. The second-order valence-electron chi connectivity index (χ2n) is 5.94. The smallest absolute Gasteiger partial charge is 0.165 e. The first-order chi connectivity index (χ1) is 10.0. The van der Waals surface area contributed by atoms with Crippen LogP contribution in [-0.2, 0) is 6.42 Å². The quantitative estimate of drug-likeness (QED) is 0.860. The number of nitrogens with zero attached hydrogens (tertiary/aromatic N) is 2. The number of benzene rings is 1. The summed E-state index contributed by atoms with van der Waals surface area (Å²) in [7, 11) is 2.13. The van der Waals surface area contributed by atoms with E-state index in [0.717, 1.165) is 38.3 Å². The van der Waals surface area contributed by atoms with Gasteiger partial charge in [0.05, 0.1) is 0 Å². The van der Waals surface area contributed by atoms with Crippen LogP contribution < -0.4 is 10.5 Å². The summed E-state index contributed by atoms with van der Waals surface area (Å²) < 4.78 is 19.5. The molecule has 118 valence electrons. The highest BCUT2D eigenvalue weighted by molar-refractivity contribution is 5.29. The van der Waals surface area contributed by atoms with Crippen molar-refractivity contribution < 1.29 is 9.13 Å². The fourth-order valence-corrected chi connectivity index (χ4v) is 2.52. The largest absolute Gasteiger partial charge is 0.489 e. The number of nitrogens with two attached hydrogens (primary N) is 1. The predicted octanol–water partition coefficient (Wildman–Crippen LogP) is 1.34. The number of rotatable bonds is 6. The van der Waals surface area contributed by atoms with Crippen molar-refractivity contribution in [2.24, 2.45) is 5.73 Å². The molecule has 1 heterocycles. The maximum Gasteiger partial charge on any atom is 0.165 e. The van der Waals surface area contributed by atoms with Crippen molar-refractivity contribution in [1.82, 2.24) is 9.80 Å². The average Bonchev–Trinajstić information content (AvgIpc) is 2.43. The van der Waals surface area contributed by atoms with Crippen LogP contribution in [0.15, 0.2) is 18.2 Å². The summed E-state index contributed by atoms with van der Waals surface area (Å²) in [4.78, 5) is 4.66. The molecule has 0 saturated carbocycles. The third-order valence-electron chi connectivity index (χ3n) is 3.81. The van der Waals surface area contributed by atoms with E-state index in [0.29, 0.717) is 18.8 Å². The molecule has 1 aromatic rings. The Kier molecular flexibility index (Phi) is 5.96. The van der Waals surface area contributed by atoms with Crippen LogP contribution in [0.25, 0.3) is 0 Å². The van der Waals surface area contributed by atoms with E-state index in [1.54, 1.807) is 6.07 Å². The van der Waals surface area contributed by atoms with Crippen molar-refractivity contribution >= 4 is 0 Å². The van der Waals surface area contributed by atoms with E-state index in [2.05, 4.69) is 16.8 Å². The normalized spacial score (nSPS) is 18.7. The van der Waals surface area contributed by atoms with Gasteiger partial charge in [-0.2, -0.15) is 0 Å². The van der Waals surface area contributed by atoms with E-state index < -0.39 is 0 Å². The molecule has 1 atom stereocenters. The van der Waals surface area contributed by atoms with Gasteiger partial charge in [-0.1, -0.05) is 6.07 Å². The van der Waals surface area contributed by atoms with Gasteiger partial charge in [0.15, 0.2) is 11.6 Å². The van der Waals surface area contributed by atoms with Gasteiger partial charge in [0.1, 0.15) is 6.61 Å². The third-order valence-corrected chi connectivity index (χ3v) is 3.81. The number of ether oxygens (including phenoxy) is 1. The molecule has 1 aliphatic heterocycles. The molecule has 0 bridgehead atoms. The zero-order valence-corrected chi connectivity index (χ0v) is 13.0. The van der Waals surface area contributed by atoms with Gasteiger partial charge in [0, 0.05) is 38.8 Å². The van der Waals surface area contributed by atoms with Gasteiger partial charge in [-0.3, -0.25) is 4.90 Å². The lowest BCUT2D eigenvalue weighted by Crippen LogP contribution is -2.45. The highest BCUT2D eigenvalue weighted by Gasteiger charge is 2.13. The Bertz CT molecular complexity index is 445. The maximum atomic E-state index is 13.9. The minimum atomic E-state index is -0.300. The molecular weight excluding hydrogens is 269 g/mol. The Hall–Kier alpha value is -1.17. The summed E-state index contributed by atoms with van der Waals surface area (Å²) in [5, 5.41) is 0. The van der Waals surface area contributed by atoms with Crippen LogP contribution in [-0.4, -0.2) is 62.2 Å². The van der Waals surface area contributed by atoms with Crippen molar-refractivity contribution in [3.63, 3.8) is 0 Å². The standard InChI is InChI=1S/C16H26FN3O/c1-13(18)11-14-3-4-16(15(17)12-14)21-10-9-20-7-5-19(2)6-8-20/h3-4,12-13H,5-11,18H2,1-2H3. The fraction of sp³-hybridized carbons (Fsp3) is 0.625. The Labute approximate surface area is 126 Å². The molecule has 2 rings (SSSR count). The van der Waals surface area contributed by atoms with Crippen molar-refractivity contribution in [3.8, 4) is 5.75 Å². The van der Waals surface area contributed by atoms with Crippen molar-refractivity contribution in [3.05, 3.63) is 29.6 Å². The molecule has 0 amide bonds. The highest BCUT2D eigenvalue weighted by Crippen LogP contribution is 2.19. The molecule has 5 heteroatoms. The molecule has 0 aliphatic carbocycles. The Morgan fingerprint density at radius 2 is 2.00 bits per heavy atom. The topological polar surface area (TPSA) is 41.7 Å². The summed E-state index contributed by atoms with van der Waals surface area (Å²) in [5.74, 6) is 0.0316. The lowest BCUT2D eigenvalue weighted by Gasteiger charge is -2.32. The van der Waals surface area contributed by atoms with Crippen LogP contribution in [0.2, 0.25) is 0 Å². The zero-order chi connectivity index (χ0) is 15.2. The second kappa shape index (κ2) is 7.73. The van der Waals surface area contributed by atoms with Gasteiger partial charge in [-0.25, -0.2) is 4.39 Å². The summed E-state index contributed by atoms with van der Waals surface area (Å²) >= 11 is 0. The maximum absolute atomic E-state index is 13.9. The molecule has 2 N–H and O–H groups in total. The van der Waals surface area contributed by atoms with Crippen molar-refractivity contribution in [2.45, 2.75) is 19.4 Å². The molecule has 1 saturated heterocycles. The van der Waals surface area contributed by atoms with E-state index in [1.807, 2.05) is 13.0 Å². The Balaban J connectivity index is 1.78. The minimum absolute atomic E-state index is 0.0356. The lowest BCUT2D eigenvalue weighted by molar-refractivity contribution is 0.132. The van der Waals surface area contributed by atoms with Crippen LogP contribution >= 0.6 is 0 Å². The summed E-state index contributed by atoms with van der Waals surface area (Å²) in [6.07, 6.45) is 0.679. The third kappa shape index (κ3) is 5.26. The molecule has 0 radical (unpaired) electrons. The Morgan fingerprint density at radius 1 is 1.29 bits per heavy atom.